The van der Waals surface area contributed by atoms with Crippen LogP contribution < -0.4 is 4.74 Å². The summed E-state index contributed by atoms with van der Waals surface area (Å²) in [6.07, 6.45) is 1.64. The van der Waals surface area contributed by atoms with Crippen molar-refractivity contribution in [2.75, 3.05) is 19.7 Å². The molecule has 5 heteroatoms. The second-order valence-corrected chi connectivity index (χ2v) is 5.60. The summed E-state index contributed by atoms with van der Waals surface area (Å²) in [5.74, 6) is 0.633. The van der Waals surface area contributed by atoms with Crippen LogP contribution in [0.1, 0.15) is 13.8 Å². The smallest absolute Gasteiger partial charge is 0.243 e. The SMILES string of the molecule is C=CCOc1ccc(S(=O)(=O)N(CC)CC)cc1. The third-order valence-electron chi connectivity index (χ3n) is 2.53. The first kappa shape index (κ1) is 14.7. The standard InChI is InChI=1S/C13H19NO3S/c1-4-11-17-12-7-9-13(10-8-12)18(15,16)14(5-2)6-3/h4,7-10H,1,5-6,11H2,2-3H3. The number of ether oxygens (including phenoxy) is 1. The molecule has 0 aliphatic carbocycles. The Morgan fingerprint density at radius 3 is 2.22 bits per heavy atom. The quantitative estimate of drug-likeness (QED) is 0.713. The molecule has 0 spiro atoms. The fourth-order valence-electron chi connectivity index (χ4n) is 1.58. The number of sulfonamides is 1. The molecule has 1 aromatic carbocycles. The van der Waals surface area contributed by atoms with E-state index in [1.807, 2.05) is 13.8 Å². The van der Waals surface area contributed by atoms with Gasteiger partial charge in [-0.3, -0.25) is 0 Å². The topological polar surface area (TPSA) is 46.6 Å². The van der Waals surface area contributed by atoms with Crippen LogP contribution in [0.5, 0.6) is 5.75 Å². The van der Waals surface area contributed by atoms with Crippen molar-refractivity contribution in [2.24, 2.45) is 0 Å². The predicted octanol–water partition coefficient (Wildman–Crippen LogP) is 2.28. The van der Waals surface area contributed by atoms with Crippen LogP contribution in [0.2, 0.25) is 0 Å². The number of hydrogen-bond acceptors (Lipinski definition) is 3. The Morgan fingerprint density at radius 2 is 1.78 bits per heavy atom. The zero-order chi connectivity index (χ0) is 13.6. The predicted molar refractivity (Wildman–Crippen MR) is 72.2 cm³/mol. The van der Waals surface area contributed by atoms with Gasteiger partial charge in [0.25, 0.3) is 0 Å². The highest BCUT2D eigenvalue weighted by Crippen LogP contribution is 2.19. The number of benzene rings is 1. The van der Waals surface area contributed by atoms with Crippen molar-refractivity contribution < 1.29 is 13.2 Å². The highest BCUT2D eigenvalue weighted by atomic mass is 32.2. The molecule has 1 aromatic rings. The summed E-state index contributed by atoms with van der Waals surface area (Å²) >= 11 is 0. The van der Waals surface area contributed by atoms with Gasteiger partial charge in [-0.25, -0.2) is 8.42 Å². The van der Waals surface area contributed by atoms with E-state index in [4.69, 9.17) is 4.74 Å². The molecule has 0 unspecified atom stereocenters. The molecular formula is C13H19NO3S. The summed E-state index contributed by atoms with van der Waals surface area (Å²) in [6, 6.07) is 6.43. The average Bonchev–Trinajstić information content (AvgIpc) is 2.38. The second-order valence-electron chi connectivity index (χ2n) is 3.66. The number of rotatable bonds is 7. The molecule has 0 saturated carbocycles. The number of hydrogen-bond donors (Lipinski definition) is 0. The largest absolute Gasteiger partial charge is 0.490 e. The van der Waals surface area contributed by atoms with Crippen LogP contribution in [0, 0.1) is 0 Å². The molecular weight excluding hydrogens is 250 g/mol. The van der Waals surface area contributed by atoms with Gasteiger partial charge >= 0.3 is 0 Å². The third-order valence-corrected chi connectivity index (χ3v) is 4.60. The van der Waals surface area contributed by atoms with Crippen LogP contribution in [0.15, 0.2) is 41.8 Å². The maximum Gasteiger partial charge on any atom is 0.243 e. The fraction of sp³-hybridized carbons (Fsp3) is 0.385. The van der Waals surface area contributed by atoms with E-state index in [0.717, 1.165) is 0 Å². The lowest BCUT2D eigenvalue weighted by Gasteiger charge is -2.18. The van der Waals surface area contributed by atoms with E-state index in [-0.39, 0.29) is 4.90 Å². The van der Waals surface area contributed by atoms with E-state index in [0.29, 0.717) is 25.4 Å². The molecule has 100 valence electrons. The van der Waals surface area contributed by atoms with Gasteiger partial charge in [0, 0.05) is 13.1 Å². The Balaban J connectivity index is 2.93. The minimum absolute atomic E-state index is 0.289. The van der Waals surface area contributed by atoms with Crippen LogP contribution in [0.4, 0.5) is 0 Å². The Labute approximate surface area is 109 Å². The van der Waals surface area contributed by atoms with Crippen molar-refractivity contribution in [3.05, 3.63) is 36.9 Å². The van der Waals surface area contributed by atoms with Gasteiger partial charge in [-0.1, -0.05) is 26.5 Å². The average molecular weight is 269 g/mol. The van der Waals surface area contributed by atoms with E-state index < -0.39 is 10.0 Å². The van der Waals surface area contributed by atoms with Crippen molar-refractivity contribution >= 4 is 10.0 Å². The van der Waals surface area contributed by atoms with Gasteiger partial charge in [-0.2, -0.15) is 4.31 Å². The van der Waals surface area contributed by atoms with E-state index in [9.17, 15) is 8.42 Å². The molecule has 1 rings (SSSR count). The van der Waals surface area contributed by atoms with E-state index in [1.165, 1.54) is 4.31 Å². The van der Waals surface area contributed by atoms with Gasteiger partial charge in [0.15, 0.2) is 0 Å². The lowest BCUT2D eigenvalue weighted by atomic mass is 10.3. The lowest BCUT2D eigenvalue weighted by Crippen LogP contribution is -2.30. The zero-order valence-electron chi connectivity index (χ0n) is 10.8. The van der Waals surface area contributed by atoms with Gasteiger partial charge in [0.05, 0.1) is 4.90 Å². The molecule has 0 aromatic heterocycles. The minimum Gasteiger partial charge on any atom is -0.490 e. The molecule has 0 amide bonds. The Bertz CT molecular complexity index is 475. The van der Waals surface area contributed by atoms with E-state index in [2.05, 4.69) is 6.58 Å². The van der Waals surface area contributed by atoms with E-state index >= 15 is 0 Å². The lowest BCUT2D eigenvalue weighted by molar-refractivity contribution is 0.363. The molecule has 0 radical (unpaired) electrons. The summed E-state index contributed by atoms with van der Waals surface area (Å²) < 4.78 is 31.1. The Morgan fingerprint density at radius 1 is 1.22 bits per heavy atom. The summed E-state index contributed by atoms with van der Waals surface area (Å²) in [5, 5.41) is 0. The van der Waals surface area contributed by atoms with E-state index in [1.54, 1.807) is 30.3 Å². The molecule has 0 heterocycles. The Hall–Kier alpha value is -1.33. The van der Waals surface area contributed by atoms with Crippen LogP contribution >= 0.6 is 0 Å². The molecule has 0 bridgehead atoms. The first-order valence-corrected chi connectivity index (χ1v) is 7.34. The zero-order valence-corrected chi connectivity index (χ0v) is 11.6. The van der Waals surface area contributed by atoms with Crippen LogP contribution in [0.3, 0.4) is 0 Å². The summed E-state index contributed by atoms with van der Waals surface area (Å²) in [4.78, 5) is 0.289. The van der Waals surface area contributed by atoms with Gasteiger partial charge in [0.1, 0.15) is 12.4 Å². The fourth-order valence-corrected chi connectivity index (χ4v) is 3.03. The highest BCUT2D eigenvalue weighted by molar-refractivity contribution is 7.89. The third kappa shape index (κ3) is 3.34. The van der Waals surface area contributed by atoms with Gasteiger partial charge in [-0.15, -0.1) is 0 Å². The number of nitrogens with zero attached hydrogens (tertiary/aromatic N) is 1. The molecule has 4 nitrogen and oxygen atoms in total. The van der Waals surface area contributed by atoms with Crippen LogP contribution in [-0.2, 0) is 10.0 Å². The van der Waals surface area contributed by atoms with Gasteiger partial charge in [0.2, 0.25) is 10.0 Å². The molecule has 0 saturated heterocycles. The summed E-state index contributed by atoms with van der Waals surface area (Å²) in [7, 11) is -3.38. The molecule has 0 N–H and O–H groups in total. The first-order valence-electron chi connectivity index (χ1n) is 5.90. The molecule has 0 fully saturated rings. The van der Waals surface area contributed by atoms with Gasteiger partial charge < -0.3 is 4.74 Å². The van der Waals surface area contributed by atoms with Gasteiger partial charge in [-0.05, 0) is 24.3 Å². The van der Waals surface area contributed by atoms with Crippen molar-refractivity contribution in [3.8, 4) is 5.75 Å². The molecule has 0 aliphatic heterocycles. The molecule has 18 heavy (non-hydrogen) atoms. The normalized spacial score (nSPS) is 11.5. The maximum atomic E-state index is 12.2. The van der Waals surface area contributed by atoms with Crippen LogP contribution in [-0.4, -0.2) is 32.4 Å². The summed E-state index contributed by atoms with van der Waals surface area (Å²) in [6.45, 7) is 8.53. The second kappa shape index (κ2) is 6.56. The van der Waals surface area contributed by atoms with Crippen molar-refractivity contribution in [2.45, 2.75) is 18.7 Å². The summed E-state index contributed by atoms with van der Waals surface area (Å²) in [5.41, 5.74) is 0. The Kier molecular flexibility index (Phi) is 5.37. The van der Waals surface area contributed by atoms with Crippen molar-refractivity contribution in [3.63, 3.8) is 0 Å². The monoisotopic (exact) mass is 269 g/mol. The van der Waals surface area contributed by atoms with Crippen molar-refractivity contribution in [1.29, 1.82) is 0 Å². The van der Waals surface area contributed by atoms with Crippen LogP contribution in [0.25, 0.3) is 0 Å². The first-order chi connectivity index (χ1) is 8.56. The molecule has 0 aliphatic rings. The molecule has 0 atom stereocenters. The maximum absolute atomic E-state index is 12.2. The van der Waals surface area contributed by atoms with Crippen molar-refractivity contribution in [1.82, 2.24) is 4.31 Å². The minimum atomic E-state index is -3.38. The highest BCUT2D eigenvalue weighted by Gasteiger charge is 2.21.